The van der Waals surface area contributed by atoms with E-state index in [1.807, 2.05) is 37.4 Å². The zero-order chi connectivity index (χ0) is 20.9. The van der Waals surface area contributed by atoms with Crippen LogP contribution in [0.5, 0.6) is 0 Å². The van der Waals surface area contributed by atoms with E-state index in [2.05, 4.69) is 10.0 Å². The molecular formula is C21H22N2O3S3. The number of rotatable bonds is 8. The number of hydrogen-bond donors (Lipinski definition) is 2. The van der Waals surface area contributed by atoms with Crippen LogP contribution in [0.3, 0.4) is 0 Å². The topological polar surface area (TPSA) is 75.3 Å². The van der Waals surface area contributed by atoms with E-state index < -0.39 is 10.0 Å². The predicted octanol–water partition coefficient (Wildman–Crippen LogP) is 4.69. The molecule has 0 spiro atoms. The van der Waals surface area contributed by atoms with Gasteiger partial charge in [-0.05, 0) is 60.0 Å². The van der Waals surface area contributed by atoms with Crippen molar-refractivity contribution in [2.24, 2.45) is 0 Å². The molecule has 2 aromatic carbocycles. The number of thioether (sulfide) groups is 1. The van der Waals surface area contributed by atoms with Gasteiger partial charge in [0.25, 0.3) is 10.0 Å². The first-order chi connectivity index (χ1) is 13.9. The molecule has 29 heavy (non-hydrogen) atoms. The quantitative estimate of drug-likeness (QED) is 0.492. The highest BCUT2D eigenvalue weighted by Crippen LogP contribution is 2.21. The standard InChI is InChI=1S/C21H22N2O3S3/c1-15(17-7-11-19(27-2)12-8-17)22-20(24)14-16-5-9-18(10-6-16)23-29(25,26)21-4-3-13-28-21/h3-13,15,23H,14H2,1-2H3,(H,22,24). The van der Waals surface area contributed by atoms with Crippen molar-refractivity contribution >= 4 is 44.7 Å². The summed E-state index contributed by atoms with van der Waals surface area (Å²) in [7, 11) is -3.57. The van der Waals surface area contributed by atoms with Crippen molar-refractivity contribution in [2.75, 3.05) is 11.0 Å². The first-order valence-corrected chi connectivity index (χ1v) is 12.5. The third kappa shape index (κ3) is 5.85. The van der Waals surface area contributed by atoms with Crippen LogP contribution in [0.2, 0.25) is 0 Å². The average molecular weight is 447 g/mol. The normalized spacial score (nSPS) is 12.3. The van der Waals surface area contributed by atoms with Gasteiger partial charge < -0.3 is 5.32 Å². The summed E-state index contributed by atoms with van der Waals surface area (Å²) in [6.45, 7) is 1.95. The van der Waals surface area contributed by atoms with E-state index >= 15 is 0 Å². The molecule has 0 aliphatic rings. The minimum Gasteiger partial charge on any atom is -0.349 e. The fourth-order valence-electron chi connectivity index (χ4n) is 2.77. The zero-order valence-electron chi connectivity index (χ0n) is 16.1. The number of benzene rings is 2. The summed E-state index contributed by atoms with van der Waals surface area (Å²) >= 11 is 2.84. The van der Waals surface area contributed by atoms with Gasteiger partial charge in [0.05, 0.1) is 12.5 Å². The van der Waals surface area contributed by atoms with Gasteiger partial charge in [-0.15, -0.1) is 23.1 Å². The smallest absolute Gasteiger partial charge is 0.271 e. The van der Waals surface area contributed by atoms with Crippen LogP contribution in [0.4, 0.5) is 5.69 Å². The first kappa shape index (κ1) is 21.4. The summed E-state index contributed by atoms with van der Waals surface area (Å²) in [5.41, 5.74) is 2.32. The molecule has 0 bridgehead atoms. The molecule has 0 aliphatic heterocycles. The van der Waals surface area contributed by atoms with E-state index in [0.29, 0.717) is 5.69 Å². The summed E-state index contributed by atoms with van der Waals surface area (Å²) < 4.78 is 27.3. The molecule has 0 saturated heterocycles. The maximum atomic E-state index is 12.4. The van der Waals surface area contributed by atoms with E-state index in [-0.39, 0.29) is 22.6 Å². The van der Waals surface area contributed by atoms with Crippen LogP contribution in [0, 0.1) is 0 Å². The van der Waals surface area contributed by atoms with Crippen LogP contribution in [0.1, 0.15) is 24.1 Å². The first-order valence-electron chi connectivity index (χ1n) is 8.96. The Balaban J connectivity index is 1.56. The largest absolute Gasteiger partial charge is 0.349 e. The molecule has 1 heterocycles. The predicted molar refractivity (Wildman–Crippen MR) is 120 cm³/mol. The van der Waals surface area contributed by atoms with Gasteiger partial charge in [-0.2, -0.15) is 0 Å². The highest BCUT2D eigenvalue weighted by Gasteiger charge is 2.15. The van der Waals surface area contributed by atoms with Crippen molar-refractivity contribution in [1.29, 1.82) is 0 Å². The summed E-state index contributed by atoms with van der Waals surface area (Å²) in [5, 5.41) is 4.71. The molecule has 152 valence electrons. The van der Waals surface area contributed by atoms with E-state index in [4.69, 9.17) is 0 Å². The van der Waals surface area contributed by atoms with E-state index in [0.717, 1.165) is 22.5 Å². The molecule has 0 aliphatic carbocycles. The van der Waals surface area contributed by atoms with Gasteiger partial charge in [-0.1, -0.05) is 30.3 Å². The maximum Gasteiger partial charge on any atom is 0.271 e. The van der Waals surface area contributed by atoms with Crippen LogP contribution in [0.25, 0.3) is 0 Å². The van der Waals surface area contributed by atoms with Gasteiger partial charge in [-0.25, -0.2) is 8.42 Å². The van der Waals surface area contributed by atoms with Gasteiger partial charge >= 0.3 is 0 Å². The minimum atomic E-state index is -3.57. The highest BCUT2D eigenvalue weighted by atomic mass is 32.2. The van der Waals surface area contributed by atoms with Gasteiger partial charge in [0.15, 0.2) is 0 Å². The number of thiophene rings is 1. The average Bonchev–Trinajstić information content (AvgIpc) is 3.25. The fraction of sp³-hybridized carbons (Fsp3) is 0.190. The van der Waals surface area contributed by atoms with Crippen molar-refractivity contribution in [3.63, 3.8) is 0 Å². The molecule has 1 atom stereocenters. The van der Waals surface area contributed by atoms with Crippen LogP contribution >= 0.6 is 23.1 Å². The lowest BCUT2D eigenvalue weighted by atomic mass is 10.1. The molecule has 0 fully saturated rings. The Morgan fingerprint density at radius 3 is 2.34 bits per heavy atom. The number of hydrogen-bond acceptors (Lipinski definition) is 5. The Kier molecular flexibility index (Phi) is 7.00. The number of nitrogens with one attached hydrogen (secondary N) is 2. The van der Waals surface area contributed by atoms with Crippen LogP contribution in [-0.2, 0) is 21.2 Å². The van der Waals surface area contributed by atoms with Gasteiger partial charge in [0.2, 0.25) is 5.91 Å². The maximum absolute atomic E-state index is 12.4. The molecule has 0 saturated carbocycles. The number of sulfonamides is 1. The van der Waals surface area contributed by atoms with Crippen LogP contribution < -0.4 is 10.0 Å². The van der Waals surface area contributed by atoms with E-state index in [1.165, 1.54) is 4.90 Å². The second kappa shape index (κ2) is 9.47. The van der Waals surface area contributed by atoms with Crippen molar-refractivity contribution in [3.8, 4) is 0 Å². The number of anilines is 1. The molecule has 3 aromatic rings. The summed E-state index contributed by atoms with van der Waals surface area (Å²) in [6.07, 6.45) is 2.25. The van der Waals surface area contributed by atoms with Crippen molar-refractivity contribution in [1.82, 2.24) is 5.32 Å². The second-order valence-corrected chi connectivity index (χ2v) is 10.2. The van der Waals surface area contributed by atoms with Crippen molar-refractivity contribution < 1.29 is 13.2 Å². The van der Waals surface area contributed by atoms with Crippen LogP contribution in [-0.4, -0.2) is 20.6 Å². The lowest BCUT2D eigenvalue weighted by Crippen LogP contribution is -2.28. The lowest BCUT2D eigenvalue weighted by Gasteiger charge is -2.15. The zero-order valence-corrected chi connectivity index (χ0v) is 18.5. The number of carbonyl (C=O) groups excluding carboxylic acids is 1. The number of amides is 1. The molecule has 0 radical (unpaired) electrons. The number of carbonyl (C=O) groups is 1. The molecule has 2 N–H and O–H groups in total. The van der Waals surface area contributed by atoms with Crippen molar-refractivity contribution in [2.45, 2.75) is 28.5 Å². The van der Waals surface area contributed by atoms with Gasteiger partial charge in [-0.3, -0.25) is 9.52 Å². The third-order valence-corrected chi connectivity index (χ3v) is 7.85. The third-order valence-electron chi connectivity index (χ3n) is 4.32. The molecule has 5 nitrogen and oxygen atoms in total. The Bertz CT molecular complexity index is 1050. The van der Waals surface area contributed by atoms with E-state index in [1.54, 1.807) is 53.5 Å². The van der Waals surface area contributed by atoms with Crippen LogP contribution in [0.15, 0.2) is 75.1 Å². The van der Waals surface area contributed by atoms with Gasteiger partial charge in [0.1, 0.15) is 4.21 Å². The molecule has 1 unspecified atom stereocenters. The minimum absolute atomic E-state index is 0.0849. The second-order valence-electron chi connectivity index (χ2n) is 6.47. The van der Waals surface area contributed by atoms with Gasteiger partial charge in [0, 0.05) is 10.6 Å². The summed E-state index contributed by atoms with van der Waals surface area (Å²) in [4.78, 5) is 13.5. The Labute approximate surface area is 179 Å². The monoisotopic (exact) mass is 446 g/mol. The Morgan fingerprint density at radius 1 is 1.07 bits per heavy atom. The van der Waals surface area contributed by atoms with Crippen molar-refractivity contribution in [3.05, 3.63) is 77.2 Å². The molecule has 1 aromatic heterocycles. The summed E-state index contributed by atoms with van der Waals surface area (Å²) in [5.74, 6) is -0.0849. The summed E-state index contributed by atoms with van der Waals surface area (Å²) in [6, 6.07) is 18.1. The highest BCUT2D eigenvalue weighted by molar-refractivity contribution is 7.98. The van der Waals surface area contributed by atoms with E-state index in [9.17, 15) is 13.2 Å². The Hall–Kier alpha value is -2.29. The fourth-order valence-corrected chi connectivity index (χ4v) is 5.23. The molecule has 1 amide bonds. The molecule has 8 heteroatoms. The molecular weight excluding hydrogens is 424 g/mol. The SMILES string of the molecule is CSc1ccc(C(C)NC(=O)Cc2ccc(NS(=O)(=O)c3cccs3)cc2)cc1. The molecule has 3 rings (SSSR count). The Morgan fingerprint density at radius 2 is 1.76 bits per heavy atom. The lowest BCUT2D eigenvalue weighted by molar-refractivity contribution is -0.121.